The Kier molecular flexibility index (Phi) is 28.9. The molecule has 0 heterocycles. The zero-order valence-corrected chi connectivity index (χ0v) is 56.3. The summed E-state index contributed by atoms with van der Waals surface area (Å²) in [6.45, 7) is 63.9. The van der Waals surface area contributed by atoms with E-state index in [4.69, 9.17) is 71.2 Å². The molecule has 2 atom stereocenters. The van der Waals surface area contributed by atoms with E-state index in [0.29, 0.717) is 79.7 Å². The minimum absolute atomic E-state index is 0.0368. The van der Waals surface area contributed by atoms with Gasteiger partial charge in [0.15, 0.2) is 0 Å². The molecule has 0 saturated heterocycles. The van der Waals surface area contributed by atoms with E-state index in [9.17, 15) is 0 Å². The molecule has 0 aromatic heterocycles. The molecule has 63 heavy (non-hydrogen) atoms. The van der Waals surface area contributed by atoms with Crippen LogP contribution in [-0.4, -0.2) is 79.7 Å². The fourth-order valence-electron chi connectivity index (χ4n) is 15.7. The first-order valence-corrected chi connectivity index (χ1v) is 44.7. The van der Waals surface area contributed by atoms with E-state index >= 15 is 0 Å². The second-order valence-corrected chi connectivity index (χ2v) is 65.7. The van der Waals surface area contributed by atoms with Gasteiger partial charge in [0.05, 0.1) is 0 Å². The maximum absolute atomic E-state index is 6.96. The summed E-state index contributed by atoms with van der Waals surface area (Å²) in [4.78, 5) is 0. The van der Waals surface area contributed by atoms with Crippen LogP contribution in [0.2, 0.25) is 77.6 Å². The van der Waals surface area contributed by atoms with E-state index < -0.39 is 44.9 Å². The average molecular weight is 1110 g/mol. The van der Waals surface area contributed by atoms with E-state index in [-0.39, 0.29) is 11.1 Å². The molecule has 0 radical (unpaired) electrons. The van der Waals surface area contributed by atoms with Crippen molar-refractivity contribution in [3.05, 3.63) is 0 Å². The molecule has 0 N–H and O–H groups in total. The Morgan fingerprint density at radius 1 is 0.302 bits per heavy atom. The summed E-state index contributed by atoms with van der Waals surface area (Å²) in [5.74, 6) is 0. The highest BCUT2D eigenvalue weighted by Gasteiger charge is 2.60. The maximum atomic E-state index is 6.96. The number of hydrogen-bond donors (Lipinski definition) is 0. The first kappa shape index (κ1) is 65.9. The fourth-order valence-corrected chi connectivity index (χ4v) is 61.9. The second-order valence-electron chi connectivity index (χ2n) is 23.7. The number of ether oxygens (including phenoxy) is 1. The van der Waals surface area contributed by atoms with Gasteiger partial charge in [0.2, 0.25) is 0 Å². The third-order valence-corrected chi connectivity index (χ3v) is 57.0. The quantitative estimate of drug-likeness (QED) is 0.0379. The van der Waals surface area contributed by atoms with Crippen molar-refractivity contribution in [3.63, 3.8) is 0 Å². The summed E-state index contributed by atoms with van der Waals surface area (Å²) in [5, 5.41) is 0. The Hall–Kier alpha value is 2.92. The van der Waals surface area contributed by atoms with Crippen molar-refractivity contribution in [2.45, 2.75) is 282 Å². The summed E-state index contributed by atoms with van der Waals surface area (Å²) >= 11 is 41.7. The Balaban J connectivity index is 6.43. The smallest absolute Gasteiger partial charge is 0.344 e. The minimum atomic E-state index is -3.02. The number of rotatable bonds is 32. The van der Waals surface area contributed by atoms with Gasteiger partial charge in [-0.05, 0) is 129 Å². The zero-order chi connectivity index (χ0) is 50.0. The van der Waals surface area contributed by atoms with E-state index in [2.05, 4.69) is 175 Å². The van der Waals surface area contributed by atoms with Gasteiger partial charge in [-0.15, -0.1) is 66.5 Å². The van der Waals surface area contributed by atoms with Crippen LogP contribution in [0.4, 0.5) is 0 Å². The van der Waals surface area contributed by atoms with Crippen LogP contribution < -0.4 is 0 Å². The number of hydrogen-bond acceptors (Lipinski definition) is 3. The van der Waals surface area contributed by atoms with Gasteiger partial charge in [0.25, 0.3) is 0 Å². The summed E-state index contributed by atoms with van der Waals surface area (Å²) in [7, 11) is -7.89. The van der Waals surface area contributed by atoms with Crippen LogP contribution in [0.15, 0.2) is 0 Å². The largest absolute Gasteiger partial charge is 0.381 e. The van der Waals surface area contributed by atoms with Gasteiger partial charge >= 0.3 is 12.0 Å². The molecule has 0 aliphatic heterocycles. The molecular formula is C48H106Cl6N2OSi6. The lowest BCUT2D eigenvalue weighted by atomic mass is 10.2. The highest BCUT2D eigenvalue weighted by atomic mass is 35.8. The molecule has 0 aromatic carbocycles. The summed E-state index contributed by atoms with van der Waals surface area (Å²) in [6.07, 6.45) is 5.45. The molecule has 0 spiro atoms. The van der Waals surface area contributed by atoms with Crippen molar-refractivity contribution in [2.75, 3.05) is 26.3 Å². The second kappa shape index (κ2) is 27.7. The lowest BCUT2D eigenvalue weighted by molar-refractivity contribution is 0.125. The highest BCUT2D eigenvalue weighted by molar-refractivity contribution is 7.65. The number of nitrogens with zero attached hydrogens (tertiary/aromatic N) is 2. The molecule has 15 heteroatoms. The summed E-state index contributed by atoms with van der Waals surface area (Å²) in [5.41, 5.74) is 7.87. The third kappa shape index (κ3) is 15.0. The van der Waals surface area contributed by atoms with Crippen molar-refractivity contribution in [1.82, 2.24) is 8.46 Å². The van der Waals surface area contributed by atoms with Crippen molar-refractivity contribution in [2.24, 2.45) is 0 Å². The van der Waals surface area contributed by atoms with Crippen LogP contribution >= 0.6 is 66.5 Å². The van der Waals surface area contributed by atoms with Crippen molar-refractivity contribution < 1.29 is 4.74 Å². The van der Waals surface area contributed by atoms with Gasteiger partial charge in [-0.1, -0.05) is 166 Å². The molecule has 0 aliphatic carbocycles. The Morgan fingerprint density at radius 2 is 0.476 bits per heavy atom. The van der Waals surface area contributed by atoms with E-state index in [1.165, 1.54) is 0 Å². The molecule has 0 saturated carbocycles. The van der Waals surface area contributed by atoms with Crippen molar-refractivity contribution in [3.8, 4) is 0 Å². The molecule has 0 amide bonds. The minimum Gasteiger partial charge on any atom is -0.381 e. The van der Waals surface area contributed by atoms with Gasteiger partial charge in [0, 0.05) is 13.2 Å². The first-order chi connectivity index (χ1) is 28.5. The van der Waals surface area contributed by atoms with Crippen LogP contribution in [0.5, 0.6) is 0 Å². The summed E-state index contributed by atoms with van der Waals surface area (Å²) < 4.78 is 13.0. The van der Waals surface area contributed by atoms with Crippen molar-refractivity contribution in [1.29, 1.82) is 0 Å². The zero-order valence-electron chi connectivity index (χ0n) is 45.7. The third-order valence-electron chi connectivity index (χ3n) is 17.0. The molecule has 0 aliphatic rings. The standard InChI is InChI=1S/C48H106Cl6N2OSi6/c1-35(2)58(36(3)4,37(5)6)55(59(38(7)8,39(9)10)40(11)12)31-25-27-47(62(49,50)51)29-33-57-34-30-48(63(52,53)54)28-26-32-56(60(41(13)14,42(15)16)43(17)18)61(44(19)20,45(21)22)46(23)24/h35-48H,25-34H2,1-24H3. The predicted octanol–water partition coefficient (Wildman–Crippen LogP) is 20.7. The van der Waals surface area contributed by atoms with Crippen LogP contribution in [0.3, 0.4) is 0 Å². The topological polar surface area (TPSA) is 15.7 Å². The van der Waals surface area contributed by atoms with Crippen LogP contribution in [0.1, 0.15) is 205 Å². The van der Waals surface area contributed by atoms with E-state index in [1.54, 1.807) is 0 Å². The first-order valence-electron chi connectivity index (χ1n) is 25.8. The molecule has 0 bridgehead atoms. The lowest BCUT2D eigenvalue weighted by Gasteiger charge is -2.63. The lowest BCUT2D eigenvalue weighted by Crippen LogP contribution is -2.74. The van der Waals surface area contributed by atoms with E-state index in [0.717, 1.165) is 51.6 Å². The predicted molar refractivity (Wildman–Crippen MR) is 310 cm³/mol. The Labute approximate surface area is 429 Å². The monoisotopic (exact) mass is 1100 g/mol. The van der Waals surface area contributed by atoms with Crippen LogP contribution in [0, 0.1) is 0 Å². The van der Waals surface area contributed by atoms with E-state index in [1.807, 2.05) is 0 Å². The van der Waals surface area contributed by atoms with Crippen molar-refractivity contribution >= 4 is 111 Å². The molecule has 380 valence electrons. The van der Waals surface area contributed by atoms with Crippen LogP contribution in [-0.2, 0) is 4.74 Å². The molecule has 0 rings (SSSR count). The molecule has 0 fully saturated rings. The highest BCUT2D eigenvalue weighted by Crippen LogP contribution is 2.56. The molecular weight excluding hydrogens is 1000 g/mol. The van der Waals surface area contributed by atoms with Gasteiger partial charge in [-0.25, -0.2) is 0 Å². The fraction of sp³-hybridized carbons (Fsp3) is 1.00. The maximum Gasteiger partial charge on any atom is 0.344 e. The number of halogens is 6. The molecule has 2 unspecified atom stereocenters. The molecule has 3 nitrogen and oxygen atoms in total. The average Bonchev–Trinajstić information content (AvgIpc) is 3.07. The Morgan fingerprint density at radius 3 is 0.619 bits per heavy atom. The van der Waals surface area contributed by atoms with Gasteiger partial charge < -0.3 is 13.2 Å². The molecule has 0 aromatic rings. The van der Waals surface area contributed by atoms with Crippen LogP contribution in [0.25, 0.3) is 0 Å². The SMILES string of the molecule is CC(C)[Si](C(C)C)(C(C)C)N(CCCC(CCOCCC(CCCN([Si](C(C)C)(C(C)C)C(C)C)[Si](C(C)C)(C(C)C)C(C)C)[Si](Cl)(Cl)Cl)[Si](Cl)(Cl)Cl)[Si](C(C)C)(C(C)C)C(C)C. The summed E-state index contributed by atoms with van der Waals surface area (Å²) in [6, 6.07) is -6.03. The van der Waals surface area contributed by atoms with Gasteiger partial charge in [0.1, 0.15) is 32.9 Å². The Bertz CT molecular complexity index is 1030. The van der Waals surface area contributed by atoms with Gasteiger partial charge in [-0.3, -0.25) is 0 Å². The van der Waals surface area contributed by atoms with Gasteiger partial charge in [-0.2, -0.15) is 0 Å². The normalized spacial score (nSPS) is 15.8.